The smallest absolute Gasteiger partial charge is 0.230 e. The minimum absolute atomic E-state index is 0.101. The molecular weight excluding hydrogens is 246 g/mol. The van der Waals surface area contributed by atoms with E-state index in [-0.39, 0.29) is 11.4 Å². The van der Waals surface area contributed by atoms with Crippen molar-refractivity contribution >= 4 is 21.8 Å². The third-order valence-electron chi connectivity index (χ3n) is 2.96. The highest BCUT2D eigenvalue weighted by Crippen LogP contribution is 2.37. The van der Waals surface area contributed by atoms with Crippen molar-refractivity contribution in [3.8, 4) is 0 Å². The van der Waals surface area contributed by atoms with Crippen molar-refractivity contribution in [3.63, 3.8) is 0 Å². The zero-order valence-corrected chi connectivity index (χ0v) is 10.0. The quantitative estimate of drug-likeness (QED) is 0.715. The Hall–Kier alpha value is -0.770. The Morgan fingerprint density at radius 2 is 2.21 bits per heavy atom. The normalized spacial score (nSPS) is 19.7. The molecule has 1 aliphatic heterocycles. The molecule has 0 aliphatic carbocycles. The van der Waals surface area contributed by atoms with Gasteiger partial charge in [0.2, 0.25) is 5.91 Å². The minimum atomic E-state index is -0.278. The summed E-state index contributed by atoms with van der Waals surface area (Å²) in [5.41, 5.74) is 0.812. The van der Waals surface area contributed by atoms with Crippen LogP contribution in [0, 0.1) is 0 Å². The lowest BCUT2D eigenvalue weighted by Crippen LogP contribution is -2.47. The van der Waals surface area contributed by atoms with E-state index in [4.69, 9.17) is 4.42 Å². The Morgan fingerprint density at radius 3 is 2.86 bits per heavy atom. The fourth-order valence-corrected chi connectivity index (χ4v) is 2.22. The second-order valence-electron chi connectivity index (χ2n) is 4.08. The molecule has 3 nitrogen and oxygen atoms in total. The lowest BCUT2D eigenvalue weighted by atomic mass is 9.88. The molecule has 0 unspecified atom stereocenters. The van der Waals surface area contributed by atoms with E-state index in [1.54, 1.807) is 4.90 Å². The van der Waals surface area contributed by atoms with Crippen molar-refractivity contribution in [1.82, 2.24) is 4.90 Å². The summed E-state index contributed by atoms with van der Waals surface area (Å²) in [5.74, 6) is 0.884. The van der Waals surface area contributed by atoms with Crippen LogP contribution in [-0.4, -0.2) is 17.9 Å². The highest BCUT2D eigenvalue weighted by atomic mass is 79.9. The van der Waals surface area contributed by atoms with Gasteiger partial charge in [-0.1, -0.05) is 0 Å². The number of nitrogens with zero attached hydrogens (tertiary/aromatic N) is 1. The predicted octanol–water partition coefficient (Wildman–Crippen LogP) is 2.29. The first kappa shape index (κ1) is 9.77. The molecule has 1 aliphatic rings. The molecule has 0 spiro atoms. The van der Waals surface area contributed by atoms with E-state index < -0.39 is 0 Å². The molecule has 1 amide bonds. The van der Waals surface area contributed by atoms with Crippen molar-refractivity contribution in [2.75, 3.05) is 7.05 Å². The Kier molecular flexibility index (Phi) is 2.00. The standard InChI is InChI=1S/C10H12BrNO2/c1-10(2)6-4-8(11)14-7(6)5-9(13)12(10)3/h4H,5H2,1-3H3. The van der Waals surface area contributed by atoms with E-state index in [9.17, 15) is 4.79 Å². The van der Waals surface area contributed by atoms with E-state index in [1.165, 1.54) is 0 Å². The van der Waals surface area contributed by atoms with Crippen LogP contribution in [0.15, 0.2) is 15.2 Å². The number of furan rings is 1. The number of carbonyl (C=O) groups is 1. The number of amides is 1. The van der Waals surface area contributed by atoms with Gasteiger partial charge in [-0.3, -0.25) is 4.79 Å². The number of likely N-dealkylation sites (N-methyl/N-ethyl adjacent to an activating group) is 1. The second kappa shape index (κ2) is 2.86. The number of halogens is 1. The van der Waals surface area contributed by atoms with Crippen molar-refractivity contribution in [2.45, 2.75) is 25.8 Å². The van der Waals surface area contributed by atoms with Crippen LogP contribution < -0.4 is 0 Å². The highest BCUT2D eigenvalue weighted by Gasteiger charge is 2.38. The van der Waals surface area contributed by atoms with Gasteiger partial charge in [-0.05, 0) is 35.8 Å². The number of rotatable bonds is 0. The van der Waals surface area contributed by atoms with Crippen molar-refractivity contribution in [2.24, 2.45) is 0 Å². The van der Waals surface area contributed by atoms with Crippen LogP contribution in [-0.2, 0) is 16.8 Å². The summed E-state index contributed by atoms with van der Waals surface area (Å²) in [4.78, 5) is 13.4. The maximum Gasteiger partial charge on any atom is 0.230 e. The molecule has 0 aromatic carbocycles. The molecule has 2 heterocycles. The summed E-state index contributed by atoms with van der Waals surface area (Å²) in [7, 11) is 1.83. The van der Waals surface area contributed by atoms with Gasteiger partial charge in [0.1, 0.15) is 5.76 Å². The fraction of sp³-hybridized carbons (Fsp3) is 0.500. The lowest BCUT2D eigenvalue weighted by Gasteiger charge is -2.38. The van der Waals surface area contributed by atoms with Crippen LogP contribution in [0.25, 0.3) is 0 Å². The molecule has 0 bridgehead atoms. The lowest BCUT2D eigenvalue weighted by molar-refractivity contribution is -0.135. The molecule has 76 valence electrons. The van der Waals surface area contributed by atoms with Gasteiger partial charge in [-0.2, -0.15) is 0 Å². The molecule has 14 heavy (non-hydrogen) atoms. The summed E-state index contributed by atoms with van der Waals surface area (Å²) in [6, 6.07) is 1.94. The summed E-state index contributed by atoms with van der Waals surface area (Å²) in [6.45, 7) is 4.04. The van der Waals surface area contributed by atoms with Gasteiger partial charge in [0.25, 0.3) is 0 Å². The topological polar surface area (TPSA) is 33.5 Å². The van der Waals surface area contributed by atoms with Gasteiger partial charge < -0.3 is 9.32 Å². The maximum absolute atomic E-state index is 11.6. The van der Waals surface area contributed by atoms with Crippen molar-refractivity contribution in [1.29, 1.82) is 0 Å². The molecule has 2 rings (SSSR count). The zero-order chi connectivity index (χ0) is 10.5. The maximum atomic E-state index is 11.6. The average molecular weight is 258 g/mol. The molecule has 0 radical (unpaired) electrons. The summed E-state index contributed by atoms with van der Waals surface area (Å²) in [6.07, 6.45) is 0.362. The van der Waals surface area contributed by atoms with E-state index in [2.05, 4.69) is 15.9 Å². The third-order valence-corrected chi connectivity index (χ3v) is 3.35. The van der Waals surface area contributed by atoms with Crippen LogP contribution in [0.2, 0.25) is 0 Å². The van der Waals surface area contributed by atoms with E-state index in [1.807, 2.05) is 27.0 Å². The SMILES string of the molecule is CN1C(=O)Cc2oc(Br)cc2C1(C)C. The Balaban J connectivity index is 2.59. The minimum Gasteiger partial charge on any atom is -0.453 e. The van der Waals surface area contributed by atoms with Crippen LogP contribution in [0.4, 0.5) is 0 Å². The first-order valence-electron chi connectivity index (χ1n) is 4.48. The van der Waals surface area contributed by atoms with Gasteiger partial charge in [0.15, 0.2) is 4.67 Å². The van der Waals surface area contributed by atoms with Gasteiger partial charge in [0.05, 0.1) is 12.0 Å². The van der Waals surface area contributed by atoms with Crippen LogP contribution >= 0.6 is 15.9 Å². The highest BCUT2D eigenvalue weighted by molar-refractivity contribution is 9.10. The van der Waals surface area contributed by atoms with E-state index >= 15 is 0 Å². The molecular formula is C10H12BrNO2. The van der Waals surface area contributed by atoms with Crippen molar-refractivity contribution < 1.29 is 9.21 Å². The molecule has 0 N–H and O–H groups in total. The zero-order valence-electron chi connectivity index (χ0n) is 8.43. The van der Waals surface area contributed by atoms with Gasteiger partial charge in [-0.15, -0.1) is 0 Å². The first-order chi connectivity index (χ1) is 6.43. The molecule has 0 atom stereocenters. The molecule has 0 saturated carbocycles. The summed E-state index contributed by atoms with van der Waals surface area (Å²) in [5, 5.41) is 0. The molecule has 1 aromatic heterocycles. The van der Waals surface area contributed by atoms with Crippen LogP contribution in [0.5, 0.6) is 0 Å². The molecule has 0 saturated heterocycles. The van der Waals surface area contributed by atoms with Crippen LogP contribution in [0.1, 0.15) is 25.2 Å². The fourth-order valence-electron chi connectivity index (χ4n) is 1.79. The number of hydrogen-bond acceptors (Lipinski definition) is 2. The monoisotopic (exact) mass is 257 g/mol. The van der Waals surface area contributed by atoms with Gasteiger partial charge in [-0.25, -0.2) is 0 Å². The summed E-state index contributed by atoms with van der Waals surface area (Å²) >= 11 is 3.29. The average Bonchev–Trinajstić information content (AvgIpc) is 2.44. The van der Waals surface area contributed by atoms with Gasteiger partial charge >= 0.3 is 0 Å². The van der Waals surface area contributed by atoms with Gasteiger partial charge in [0, 0.05) is 12.6 Å². The molecule has 0 fully saturated rings. The van der Waals surface area contributed by atoms with Crippen molar-refractivity contribution in [3.05, 3.63) is 22.1 Å². The Morgan fingerprint density at radius 1 is 1.57 bits per heavy atom. The number of fused-ring (bicyclic) bond motifs is 1. The largest absolute Gasteiger partial charge is 0.453 e. The predicted molar refractivity (Wildman–Crippen MR) is 55.9 cm³/mol. The number of hydrogen-bond donors (Lipinski definition) is 0. The third kappa shape index (κ3) is 1.21. The summed E-state index contributed by atoms with van der Waals surface area (Å²) < 4.78 is 6.12. The first-order valence-corrected chi connectivity index (χ1v) is 5.27. The Bertz CT molecular complexity index is 395. The van der Waals surface area contributed by atoms with E-state index in [0.29, 0.717) is 11.1 Å². The Labute approximate surface area is 91.2 Å². The molecule has 4 heteroatoms. The second-order valence-corrected chi connectivity index (χ2v) is 4.86. The number of carbonyl (C=O) groups excluding carboxylic acids is 1. The van der Waals surface area contributed by atoms with E-state index in [0.717, 1.165) is 11.3 Å². The molecule has 1 aromatic rings. The van der Waals surface area contributed by atoms with Crippen LogP contribution in [0.3, 0.4) is 0 Å².